The van der Waals surface area contributed by atoms with Gasteiger partial charge in [-0.05, 0) is 25.8 Å². The fraction of sp³-hybridized carbons (Fsp3) is 0.571. The molecule has 2 aliphatic rings. The lowest BCUT2D eigenvalue weighted by atomic mass is 9.72. The summed E-state index contributed by atoms with van der Waals surface area (Å²) in [7, 11) is 2.93. The highest BCUT2D eigenvalue weighted by atomic mass is 32.1. The number of hydrogen-bond acceptors (Lipinski definition) is 6. The second-order valence-electron chi connectivity index (χ2n) is 8.49. The number of carbonyl (C=O) groups excluding carboxylic acids is 2. The fourth-order valence-electron chi connectivity index (χ4n) is 4.47. The number of halogens is 3. The van der Waals surface area contributed by atoms with Gasteiger partial charge in [-0.1, -0.05) is 0 Å². The lowest BCUT2D eigenvalue weighted by molar-refractivity contribution is -0.154. The van der Waals surface area contributed by atoms with E-state index < -0.39 is 23.8 Å². The van der Waals surface area contributed by atoms with Crippen molar-refractivity contribution in [3.05, 3.63) is 22.6 Å². The number of ether oxygens (including phenoxy) is 1. The third kappa shape index (κ3) is 3.92. The number of anilines is 1. The average Bonchev–Trinajstić information content (AvgIpc) is 3.18. The van der Waals surface area contributed by atoms with E-state index in [0.29, 0.717) is 26.2 Å². The summed E-state index contributed by atoms with van der Waals surface area (Å²) >= 11 is 0.876. The molecule has 1 atom stereocenters. The van der Waals surface area contributed by atoms with Crippen LogP contribution in [0.1, 0.15) is 35.7 Å². The molecule has 0 aromatic carbocycles. The van der Waals surface area contributed by atoms with Crippen molar-refractivity contribution in [2.45, 2.75) is 32.0 Å². The number of thiophene rings is 1. The van der Waals surface area contributed by atoms with Gasteiger partial charge < -0.3 is 19.9 Å². The molecule has 2 amide bonds. The molecule has 4 heterocycles. The Morgan fingerprint density at radius 1 is 1.28 bits per heavy atom. The molecule has 32 heavy (non-hydrogen) atoms. The highest BCUT2D eigenvalue weighted by Gasteiger charge is 2.47. The predicted octanol–water partition coefficient (Wildman–Crippen LogP) is 3.14. The Morgan fingerprint density at radius 2 is 1.94 bits per heavy atom. The summed E-state index contributed by atoms with van der Waals surface area (Å²) in [6.45, 7) is 4.07. The molecule has 2 saturated heterocycles. The Labute approximate surface area is 187 Å². The van der Waals surface area contributed by atoms with Crippen molar-refractivity contribution in [2.75, 3.05) is 45.2 Å². The van der Waals surface area contributed by atoms with Gasteiger partial charge in [-0.25, -0.2) is 4.98 Å². The van der Waals surface area contributed by atoms with Gasteiger partial charge in [0.05, 0.1) is 21.3 Å². The number of rotatable bonds is 4. The number of carbonyl (C=O) groups is 2. The minimum Gasteiger partial charge on any atom is -0.372 e. The summed E-state index contributed by atoms with van der Waals surface area (Å²) in [5, 5.41) is 3.88. The molecular weight excluding hydrogens is 445 g/mol. The molecule has 0 saturated carbocycles. The van der Waals surface area contributed by atoms with Crippen molar-refractivity contribution in [3.63, 3.8) is 0 Å². The molecule has 4 rings (SSSR count). The predicted molar refractivity (Wildman–Crippen MR) is 115 cm³/mol. The van der Waals surface area contributed by atoms with E-state index in [4.69, 9.17) is 4.74 Å². The number of nitrogens with zero attached hydrogens (tertiary/aromatic N) is 3. The lowest BCUT2D eigenvalue weighted by Gasteiger charge is -2.54. The van der Waals surface area contributed by atoms with E-state index >= 15 is 0 Å². The van der Waals surface area contributed by atoms with E-state index in [0.717, 1.165) is 30.2 Å². The first-order chi connectivity index (χ1) is 15.1. The Kier molecular flexibility index (Phi) is 5.83. The number of fused-ring (bicyclic) bond motifs is 1. The van der Waals surface area contributed by atoms with Crippen LogP contribution in [-0.4, -0.2) is 68.1 Å². The number of piperidine rings is 1. The first kappa shape index (κ1) is 22.8. The molecule has 0 aliphatic carbocycles. The molecule has 2 aromatic rings. The maximum Gasteiger partial charge on any atom is 0.417 e. The zero-order valence-electron chi connectivity index (χ0n) is 18.1. The monoisotopic (exact) mass is 470 g/mol. The van der Waals surface area contributed by atoms with Crippen LogP contribution >= 0.6 is 11.3 Å². The van der Waals surface area contributed by atoms with Crippen LogP contribution in [0.2, 0.25) is 0 Å². The zero-order valence-corrected chi connectivity index (χ0v) is 18.9. The molecule has 2 fully saturated rings. The van der Waals surface area contributed by atoms with E-state index in [2.05, 4.69) is 10.3 Å². The maximum absolute atomic E-state index is 13.8. The Hall–Kier alpha value is -2.40. The van der Waals surface area contributed by atoms with Crippen LogP contribution in [0.4, 0.5) is 19.0 Å². The van der Waals surface area contributed by atoms with E-state index in [1.165, 1.54) is 19.5 Å². The standard InChI is InChI=1S/C21H25F3N4O3S/c1-12(31-3)19(30)28-10-20(11-28)4-6-27(7-5-20)15-8-14(21(22,23)24)17-16(26-15)13(9-32-17)18(29)25-2/h8-9,12H,4-7,10-11H2,1-3H3,(H,25,29). The topological polar surface area (TPSA) is 74.8 Å². The third-order valence-corrected chi connectivity index (χ3v) is 7.50. The number of nitrogens with one attached hydrogen (secondary N) is 1. The number of aromatic nitrogens is 1. The highest BCUT2D eigenvalue weighted by Crippen LogP contribution is 2.44. The van der Waals surface area contributed by atoms with Crippen molar-refractivity contribution in [1.82, 2.24) is 15.2 Å². The maximum atomic E-state index is 13.8. The summed E-state index contributed by atoms with van der Waals surface area (Å²) in [5.74, 6) is -0.277. The molecule has 7 nitrogen and oxygen atoms in total. The molecule has 1 unspecified atom stereocenters. The number of amides is 2. The number of methoxy groups -OCH3 is 1. The molecule has 11 heteroatoms. The molecule has 0 radical (unpaired) electrons. The van der Waals surface area contributed by atoms with Crippen LogP contribution in [0.15, 0.2) is 11.4 Å². The Balaban J connectivity index is 1.55. The summed E-state index contributed by atoms with van der Waals surface area (Å²) in [6, 6.07) is 1.08. The molecule has 1 N–H and O–H groups in total. The molecule has 2 aromatic heterocycles. The lowest BCUT2D eigenvalue weighted by Crippen LogP contribution is -2.63. The summed E-state index contributed by atoms with van der Waals surface area (Å²) in [6.07, 6.45) is -3.52. The van der Waals surface area contributed by atoms with Gasteiger partial charge in [-0.3, -0.25) is 9.59 Å². The largest absolute Gasteiger partial charge is 0.417 e. The SMILES string of the molecule is CNC(=O)c1csc2c(C(F)(F)F)cc(N3CCC4(CC3)CN(C(=O)C(C)OC)C4)nc12. The van der Waals surface area contributed by atoms with Crippen LogP contribution in [0.3, 0.4) is 0 Å². The first-order valence-electron chi connectivity index (χ1n) is 10.4. The number of hydrogen-bond donors (Lipinski definition) is 1. The van der Waals surface area contributed by atoms with Crippen LogP contribution in [-0.2, 0) is 15.7 Å². The second kappa shape index (κ2) is 8.18. The van der Waals surface area contributed by atoms with Gasteiger partial charge >= 0.3 is 6.18 Å². The highest BCUT2D eigenvalue weighted by molar-refractivity contribution is 7.17. The number of pyridine rings is 1. The molecule has 2 aliphatic heterocycles. The van der Waals surface area contributed by atoms with Gasteiger partial charge in [-0.15, -0.1) is 11.3 Å². The minimum atomic E-state index is -4.55. The fourth-order valence-corrected chi connectivity index (χ4v) is 5.49. The van der Waals surface area contributed by atoms with Gasteiger partial charge in [0.2, 0.25) is 0 Å². The summed E-state index contributed by atoms with van der Waals surface area (Å²) in [5.41, 5.74) is -0.555. The number of likely N-dealkylation sites (tertiary alicyclic amines) is 1. The van der Waals surface area contributed by atoms with Crippen molar-refractivity contribution in [1.29, 1.82) is 0 Å². The smallest absolute Gasteiger partial charge is 0.372 e. The van der Waals surface area contributed by atoms with E-state index in [-0.39, 0.29) is 32.9 Å². The van der Waals surface area contributed by atoms with Gasteiger partial charge in [0.15, 0.2) is 0 Å². The quantitative estimate of drug-likeness (QED) is 0.743. The van der Waals surface area contributed by atoms with Crippen LogP contribution < -0.4 is 10.2 Å². The first-order valence-corrected chi connectivity index (χ1v) is 11.2. The zero-order chi connectivity index (χ0) is 23.3. The van der Waals surface area contributed by atoms with Crippen LogP contribution in [0.5, 0.6) is 0 Å². The molecular formula is C21H25F3N4O3S. The van der Waals surface area contributed by atoms with Crippen molar-refractivity contribution >= 4 is 39.2 Å². The van der Waals surface area contributed by atoms with Crippen LogP contribution in [0.25, 0.3) is 10.2 Å². The van der Waals surface area contributed by atoms with Gasteiger partial charge in [0.1, 0.15) is 11.9 Å². The summed E-state index contributed by atoms with van der Waals surface area (Å²) < 4.78 is 46.4. The molecule has 1 spiro atoms. The van der Waals surface area contributed by atoms with Crippen LogP contribution in [0, 0.1) is 5.41 Å². The van der Waals surface area contributed by atoms with Crippen molar-refractivity contribution in [3.8, 4) is 0 Å². The van der Waals surface area contributed by atoms with E-state index in [1.807, 2.05) is 4.90 Å². The Morgan fingerprint density at radius 3 is 2.50 bits per heavy atom. The van der Waals surface area contributed by atoms with E-state index in [1.54, 1.807) is 11.8 Å². The van der Waals surface area contributed by atoms with E-state index in [9.17, 15) is 22.8 Å². The van der Waals surface area contributed by atoms with Gasteiger partial charge in [-0.2, -0.15) is 13.2 Å². The van der Waals surface area contributed by atoms with Gasteiger partial charge in [0.25, 0.3) is 11.8 Å². The minimum absolute atomic E-state index is 0.00772. The third-order valence-electron chi connectivity index (χ3n) is 6.50. The Bertz CT molecular complexity index is 1040. The van der Waals surface area contributed by atoms with Crippen molar-refractivity contribution in [2.24, 2.45) is 5.41 Å². The molecule has 174 valence electrons. The van der Waals surface area contributed by atoms with Gasteiger partial charge in [0, 0.05) is 51.1 Å². The van der Waals surface area contributed by atoms with Crippen molar-refractivity contribution < 1.29 is 27.5 Å². The second-order valence-corrected chi connectivity index (χ2v) is 9.37. The summed E-state index contributed by atoms with van der Waals surface area (Å²) in [4.78, 5) is 32.5. The number of alkyl halides is 3. The normalized spacial score (nSPS) is 19.2. The molecule has 0 bridgehead atoms. The average molecular weight is 471 g/mol.